The van der Waals surface area contributed by atoms with Crippen LogP contribution in [0.15, 0.2) is 18.3 Å². The van der Waals surface area contributed by atoms with Crippen LogP contribution in [0.25, 0.3) is 10.9 Å². The van der Waals surface area contributed by atoms with Gasteiger partial charge in [0.25, 0.3) is 0 Å². The largest absolute Gasteiger partial charge is 0.481 e. The molecule has 0 aliphatic carbocycles. The van der Waals surface area contributed by atoms with Crippen molar-refractivity contribution >= 4 is 16.9 Å². The van der Waals surface area contributed by atoms with Crippen LogP contribution in [0.5, 0.6) is 5.88 Å². The Morgan fingerprint density at radius 3 is 3.00 bits per heavy atom. The number of methoxy groups -OCH3 is 1. The van der Waals surface area contributed by atoms with E-state index < -0.39 is 5.97 Å². The Morgan fingerprint density at radius 2 is 2.36 bits per heavy atom. The second-order valence-electron chi connectivity index (χ2n) is 2.80. The van der Waals surface area contributed by atoms with Gasteiger partial charge >= 0.3 is 5.97 Å². The predicted molar refractivity (Wildman–Crippen MR) is 49.6 cm³/mol. The maximum absolute atomic E-state index is 10.6. The molecule has 0 fully saturated rings. The average molecular weight is 192 g/mol. The third-order valence-corrected chi connectivity index (χ3v) is 1.92. The Bertz CT molecular complexity index is 490. The molecule has 0 amide bonds. The van der Waals surface area contributed by atoms with Gasteiger partial charge in [-0.3, -0.25) is 0 Å². The summed E-state index contributed by atoms with van der Waals surface area (Å²) < 4.78 is 4.92. The van der Waals surface area contributed by atoms with E-state index in [2.05, 4.69) is 9.97 Å². The number of nitrogens with zero attached hydrogens (tertiary/aromatic N) is 1. The summed E-state index contributed by atoms with van der Waals surface area (Å²) >= 11 is 0. The second kappa shape index (κ2) is 3.02. The van der Waals surface area contributed by atoms with E-state index >= 15 is 0 Å². The molecule has 0 saturated carbocycles. The highest BCUT2D eigenvalue weighted by molar-refractivity contribution is 5.93. The highest BCUT2D eigenvalue weighted by Crippen LogP contribution is 2.18. The monoisotopic (exact) mass is 192 g/mol. The molecule has 5 heteroatoms. The average Bonchev–Trinajstić information content (AvgIpc) is 2.59. The number of ether oxygens (including phenoxy) is 1. The summed E-state index contributed by atoms with van der Waals surface area (Å²) in [6.45, 7) is 0. The lowest BCUT2D eigenvalue weighted by atomic mass is 10.3. The first-order valence-corrected chi connectivity index (χ1v) is 3.97. The van der Waals surface area contributed by atoms with Crippen molar-refractivity contribution in [2.75, 3.05) is 7.11 Å². The Hall–Kier alpha value is -2.04. The number of carbonyl (C=O) groups is 1. The van der Waals surface area contributed by atoms with Crippen LogP contribution in [0.4, 0.5) is 0 Å². The minimum Gasteiger partial charge on any atom is -0.481 e. The Labute approximate surface area is 79.3 Å². The second-order valence-corrected chi connectivity index (χ2v) is 2.80. The molecule has 0 bridgehead atoms. The van der Waals surface area contributed by atoms with Crippen molar-refractivity contribution in [1.29, 1.82) is 0 Å². The zero-order valence-corrected chi connectivity index (χ0v) is 7.44. The van der Waals surface area contributed by atoms with Crippen molar-refractivity contribution in [3.63, 3.8) is 0 Å². The molecule has 2 heterocycles. The van der Waals surface area contributed by atoms with E-state index in [9.17, 15) is 4.79 Å². The Balaban J connectivity index is 2.60. The Morgan fingerprint density at radius 1 is 1.57 bits per heavy atom. The molecule has 5 nitrogen and oxygen atoms in total. The van der Waals surface area contributed by atoms with Crippen LogP contribution in [0.1, 0.15) is 10.5 Å². The number of hydrogen-bond acceptors (Lipinski definition) is 3. The van der Waals surface area contributed by atoms with Crippen molar-refractivity contribution in [2.24, 2.45) is 0 Å². The lowest BCUT2D eigenvalue weighted by Gasteiger charge is -1.95. The van der Waals surface area contributed by atoms with Crippen LogP contribution in [0.3, 0.4) is 0 Å². The maximum Gasteiger partial charge on any atom is 0.352 e. The minimum absolute atomic E-state index is 0.148. The van der Waals surface area contributed by atoms with Gasteiger partial charge in [0.15, 0.2) is 0 Å². The van der Waals surface area contributed by atoms with Gasteiger partial charge in [-0.05, 0) is 6.07 Å². The third-order valence-electron chi connectivity index (χ3n) is 1.92. The molecule has 0 aliphatic heterocycles. The molecule has 0 saturated heterocycles. The van der Waals surface area contributed by atoms with Crippen molar-refractivity contribution < 1.29 is 14.6 Å². The minimum atomic E-state index is -0.986. The normalized spacial score (nSPS) is 10.4. The van der Waals surface area contributed by atoms with Gasteiger partial charge in [-0.2, -0.15) is 0 Å². The summed E-state index contributed by atoms with van der Waals surface area (Å²) in [5.74, 6) is -0.520. The van der Waals surface area contributed by atoms with Gasteiger partial charge in [0.2, 0.25) is 5.88 Å². The fourth-order valence-electron chi connectivity index (χ4n) is 1.24. The molecule has 2 aromatic rings. The number of aromatic carboxylic acids is 1. The van der Waals surface area contributed by atoms with Gasteiger partial charge in [0.05, 0.1) is 18.8 Å². The molecule has 0 aromatic carbocycles. The van der Waals surface area contributed by atoms with Crippen LogP contribution >= 0.6 is 0 Å². The smallest absolute Gasteiger partial charge is 0.352 e. The summed E-state index contributed by atoms with van der Waals surface area (Å²) in [5, 5.41) is 9.50. The summed E-state index contributed by atoms with van der Waals surface area (Å²) in [7, 11) is 1.51. The van der Waals surface area contributed by atoms with Gasteiger partial charge < -0.3 is 14.8 Å². The number of nitrogens with one attached hydrogen (secondary N) is 1. The zero-order chi connectivity index (χ0) is 10.1. The summed E-state index contributed by atoms with van der Waals surface area (Å²) in [6.07, 6.45) is 1.54. The third kappa shape index (κ3) is 1.28. The van der Waals surface area contributed by atoms with E-state index in [4.69, 9.17) is 9.84 Å². The molecule has 2 aromatic heterocycles. The number of aromatic amines is 1. The highest BCUT2D eigenvalue weighted by Gasteiger charge is 2.07. The molecule has 0 unspecified atom stereocenters. The van der Waals surface area contributed by atoms with Gasteiger partial charge in [-0.1, -0.05) is 0 Å². The quantitative estimate of drug-likeness (QED) is 0.751. The number of pyridine rings is 1. The first kappa shape index (κ1) is 8.55. The Kier molecular flexibility index (Phi) is 1.85. The van der Waals surface area contributed by atoms with Crippen LogP contribution in [-0.2, 0) is 0 Å². The van der Waals surface area contributed by atoms with E-state index in [1.807, 2.05) is 0 Å². The van der Waals surface area contributed by atoms with Crippen LogP contribution in [0, 0.1) is 0 Å². The maximum atomic E-state index is 10.6. The van der Waals surface area contributed by atoms with Gasteiger partial charge in [-0.25, -0.2) is 9.78 Å². The van der Waals surface area contributed by atoms with E-state index in [-0.39, 0.29) is 5.69 Å². The molecule has 72 valence electrons. The summed E-state index contributed by atoms with van der Waals surface area (Å²) in [6, 6.07) is 3.22. The molecular formula is C9H8N2O3. The number of rotatable bonds is 2. The molecule has 0 spiro atoms. The number of fused-ring (bicyclic) bond motifs is 1. The van der Waals surface area contributed by atoms with E-state index in [1.165, 1.54) is 7.11 Å². The van der Waals surface area contributed by atoms with Gasteiger partial charge in [0.1, 0.15) is 5.69 Å². The van der Waals surface area contributed by atoms with Crippen molar-refractivity contribution in [2.45, 2.75) is 0 Å². The SMILES string of the molecule is COc1cc2cc(C(=O)O)[nH]c2cn1. The standard InChI is InChI=1S/C9H8N2O3/c1-14-8-3-5-2-6(9(12)13)11-7(5)4-10-8/h2-4,11H,1H3,(H,12,13). The molecule has 0 atom stereocenters. The first-order chi connectivity index (χ1) is 6.70. The van der Waals surface area contributed by atoms with Crippen LogP contribution in [0.2, 0.25) is 0 Å². The predicted octanol–water partition coefficient (Wildman–Crippen LogP) is 1.27. The van der Waals surface area contributed by atoms with Crippen molar-refractivity contribution in [3.05, 3.63) is 24.0 Å². The van der Waals surface area contributed by atoms with Crippen LogP contribution < -0.4 is 4.74 Å². The van der Waals surface area contributed by atoms with E-state index in [0.717, 1.165) is 5.39 Å². The van der Waals surface area contributed by atoms with Gasteiger partial charge in [-0.15, -0.1) is 0 Å². The fraction of sp³-hybridized carbons (Fsp3) is 0.111. The number of carboxylic acid groups (broad SMARTS) is 1. The fourth-order valence-corrected chi connectivity index (χ4v) is 1.24. The van der Waals surface area contributed by atoms with E-state index in [0.29, 0.717) is 11.4 Å². The van der Waals surface area contributed by atoms with E-state index in [1.54, 1.807) is 18.3 Å². The first-order valence-electron chi connectivity index (χ1n) is 3.97. The van der Waals surface area contributed by atoms with Crippen molar-refractivity contribution in [1.82, 2.24) is 9.97 Å². The van der Waals surface area contributed by atoms with Crippen LogP contribution in [-0.4, -0.2) is 28.2 Å². The molecule has 14 heavy (non-hydrogen) atoms. The summed E-state index contributed by atoms with van der Waals surface area (Å²) in [5.41, 5.74) is 0.832. The van der Waals surface area contributed by atoms with Gasteiger partial charge in [0, 0.05) is 11.5 Å². The molecular weight excluding hydrogens is 184 g/mol. The highest BCUT2D eigenvalue weighted by atomic mass is 16.5. The summed E-state index contributed by atoms with van der Waals surface area (Å²) in [4.78, 5) is 17.3. The lowest BCUT2D eigenvalue weighted by Crippen LogP contribution is -1.94. The topological polar surface area (TPSA) is 75.2 Å². The molecule has 0 radical (unpaired) electrons. The number of hydrogen-bond donors (Lipinski definition) is 2. The number of aromatic nitrogens is 2. The lowest BCUT2D eigenvalue weighted by molar-refractivity contribution is 0.0691. The molecule has 2 N–H and O–H groups in total. The number of carboxylic acids is 1. The van der Waals surface area contributed by atoms with Crippen molar-refractivity contribution in [3.8, 4) is 5.88 Å². The molecule has 0 aliphatic rings. The zero-order valence-electron chi connectivity index (χ0n) is 7.44. The number of H-pyrrole nitrogens is 1. The molecule has 2 rings (SSSR count).